The lowest BCUT2D eigenvalue weighted by atomic mass is 10.1. The van der Waals surface area contributed by atoms with E-state index in [1.807, 2.05) is 45.0 Å². The number of carbonyl (C=O) groups is 2. The third-order valence-corrected chi connectivity index (χ3v) is 6.03. The number of hydrogen-bond acceptors (Lipinski definition) is 3. The van der Waals surface area contributed by atoms with Gasteiger partial charge in [0.2, 0.25) is 5.91 Å². The fourth-order valence-corrected chi connectivity index (χ4v) is 3.27. The number of nitrogens with zero attached hydrogens (tertiary/aromatic N) is 1. The van der Waals surface area contributed by atoms with Crippen LogP contribution in [0.25, 0.3) is 0 Å². The van der Waals surface area contributed by atoms with Crippen molar-refractivity contribution < 1.29 is 14.3 Å². The van der Waals surface area contributed by atoms with Gasteiger partial charge < -0.3 is 15.0 Å². The van der Waals surface area contributed by atoms with Crippen LogP contribution in [-0.4, -0.2) is 35.4 Å². The first kappa shape index (κ1) is 24.2. The molecular formula is C23H28BrClN2O3. The fourth-order valence-electron chi connectivity index (χ4n) is 2.82. The molecule has 0 saturated carbocycles. The summed E-state index contributed by atoms with van der Waals surface area (Å²) in [4.78, 5) is 27.3. The minimum atomic E-state index is -0.652. The summed E-state index contributed by atoms with van der Waals surface area (Å²) in [6.45, 7) is 7.71. The van der Waals surface area contributed by atoms with Crippen LogP contribution in [0.5, 0.6) is 5.75 Å². The van der Waals surface area contributed by atoms with E-state index < -0.39 is 6.04 Å². The molecule has 5 nitrogen and oxygen atoms in total. The van der Waals surface area contributed by atoms with Crippen molar-refractivity contribution in [3.63, 3.8) is 0 Å². The monoisotopic (exact) mass is 494 g/mol. The average Bonchev–Trinajstić information content (AvgIpc) is 2.72. The molecule has 0 radical (unpaired) electrons. The van der Waals surface area contributed by atoms with Gasteiger partial charge in [-0.2, -0.15) is 0 Å². The summed E-state index contributed by atoms with van der Waals surface area (Å²) in [5.74, 6) is 0.130. The molecule has 2 amide bonds. The van der Waals surface area contributed by atoms with E-state index in [1.165, 1.54) is 4.90 Å². The lowest BCUT2D eigenvalue weighted by Gasteiger charge is -2.29. The Morgan fingerprint density at radius 1 is 1.20 bits per heavy atom. The number of ether oxygens (including phenoxy) is 1. The molecule has 0 fully saturated rings. The Bertz CT molecular complexity index is 891. The Kier molecular flexibility index (Phi) is 9.18. The first-order valence-electron chi connectivity index (χ1n) is 9.94. The Hall–Kier alpha value is -2.05. The Morgan fingerprint density at radius 3 is 2.57 bits per heavy atom. The number of amides is 2. The molecule has 0 saturated heterocycles. The maximum Gasteiger partial charge on any atom is 0.261 e. The smallest absolute Gasteiger partial charge is 0.261 e. The van der Waals surface area contributed by atoms with Crippen LogP contribution in [0.1, 0.15) is 38.3 Å². The number of carbonyl (C=O) groups excluding carboxylic acids is 2. The lowest BCUT2D eigenvalue weighted by Crippen LogP contribution is -2.50. The Balaban J connectivity index is 2.16. The SMILES string of the molecule is CC[C@@H](C)NC(=O)[C@H](C)N(Cc1cccc(Cl)c1)C(=O)COc1ccc(Br)c(C)c1. The van der Waals surface area contributed by atoms with Gasteiger partial charge in [-0.3, -0.25) is 9.59 Å². The van der Waals surface area contributed by atoms with Gasteiger partial charge in [0.1, 0.15) is 11.8 Å². The molecule has 0 aromatic heterocycles. The molecule has 0 aliphatic rings. The molecule has 30 heavy (non-hydrogen) atoms. The van der Waals surface area contributed by atoms with Gasteiger partial charge in [0.15, 0.2) is 6.61 Å². The highest BCUT2D eigenvalue weighted by molar-refractivity contribution is 9.10. The van der Waals surface area contributed by atoms with Crippen LogP contribution < -0.4 is 10.1 Å². The number of aryl methyl sites for hydroxylation is 1. The molecule has 2 atom stereocenters. The number of halogens is 2. The van der Waals surface area contributed by atoms with Gasteiger partial charge in [0.25, 0.3) is 5.91 Å². The fraction of sp³-hybridized carbons (Fsp3) is 0.391. The number of nitrogens with one attached hydrogen (secondary N) is 1. The van der Waals surface area contributed by atoms with E-state index in [2.05, 4.69) is 21.2 Å². The average molecular weight is 496 g/mol. The van der Waals surface area contributed by atoms with Crippen molar-refractivity contribution >= 4 is 39.3 Å². The maximum absolute atomic E-state index is 13.0. The van der Waals surface area contributed by atoms with E-state index >= 15 is 0 Å². The summed E-state index contributed by atoms with van der Waals surface area (Å²) in [7, 11) is 0. The molecular weight excluding hydrogens is 468 g/mol. The topological polar surface area (TPSA) is 58.6 Å². The van der Waals surface area contributed by atoms with Crippen molar-refractivity contribution in [3.05, 3.63) is 63.1 Å². The van der Waals surface area contributed by atoms with Gasteiger partial charge in [0.05, 0.1) is 0 Å². The minimum absolute atomic E-state index is 0.0325. The zero-order valence-corrected chi connectivity index (χ0v) is 20.1. The highest BCUT2D eigenvalue weighted by Gasteiger charge is 2.27. The minimum Gasteiger partial charge on any atom is -0.484 e. The van der Waals surface area contributed by atoms with E-state index in [0.717, 1.165) is 22.0 Å². The predicted octanol–water partition coefficient (Wildman–Crippen LogP) is 5.12. The highest BCUT2D eigenvalue weighted by Crippen LogP contribution is 2.22. The third-order valence-electron chi connectivity index (χ3n) is 4.90. The first-order chi connectivity index (χ1) is 14.2. The van der Waals surface area contributed by atoms with Gasteiger partial charge in [-0.25, -0.2) is 0 Å². The molecule has 7 heteroatoms. The summed E-state index contributed by atoms with van der Waals surface area (Å²) >= 11 is 9.55. The summed E-state index contributed by atoms with van der Waals surface area (Å²) in [6.07, 6.45) is 0.812. The molecule has 0 aliphatic heterocycles. The van der Waals surface area contributed by atoms with E-state index in [9.17, 15) is 9.59 Å². The zero-order chi connectivity index (χ0) is 22.3. The molecule has 0 bridgehead atoms. The van der Waals surface area contributed by atoms with E-state index in [-0.39, 0.29) is 31.0 Å². The van der Waals surface area contributed by atoms with Crippen LogP contribution in [0.2, 0.25) is 5.02 Å². The molecule has 0 unspecified atom stereocenters. The summed E-state index contributed by atoms with van der Waals surface area (Å²) in [6, 6.07) is 12.2. The lowest BCUT2D eigenvalue weighted by molar-refractivity contribution is -0.142. The van der Waals surface area contributed by atoms with E-state index in [0.29, 0.717) is 10.8 Å². The molecule has 0 heterocycles. The first-order valence-corrected chi connectivity index (χ1v) is 11.1. The van der Waals surface area contributed by atoms with Crippen molar-refractivity contribution in [3.8, 4) is 5.75 Å². The van der Waals surface area contributed by atoms with Crippen LogP contribution >= 0.6 is 27.5 Å². The largest absolute Gasteiger partial charge is 0.484 e. The molecule has 2 aromatic carbocycles. The number of hydrogen-bond donors (Lipinski definition) is 1. The molecule has 2 aromatic rings. The second-order valence-corrected chi connectivity index (χ2v) is 8.64. The van der Waals surface area contributed by atoms with Crippen LogP contribution in [-0.2, 0) is 16.1 Å². The summed E-state index contributed by atoms with van der Waals surface area (Å²) in [5.41, 5.74) is 1.86. The van der Waals surface area contributed by atoms with Crippen LogP contribution in [0.15, 0.2) is 46.9 Å². The quantitative estimate of drug-likeness (QED) is 0.525. The van der Waals surface area contributed by atoms with Crippen LogP contribution in [0.3, 0.4) is 0 Å². The van der Waals surface area contributed by atoms with Crippen LogP contribution in [0.4, 0.5) is 0 Å². The molecule has 1 N–H and O–H groups in total. The van der Waals surface area contributed by atoms with Crippen molar-refractivity contribution in [1.29, 1.82) is 0 Å². The summed E-state index contributed by atoms with van der Waals surface area (Å²) < 4.78 is 6.68. The molecule has 2 rings (SSSR count). The number of rotatable bonds is 9. The standard InChI is InChI=1S/C23H28BrClN2O3/c1-5-16(3)26-23(29)17(4)27(13-18-7-6-8-19(25)12-18)22(28)14-30-20-9-10-21(24)15(2)11-20/h6-12,16-17H,5,13-14H2,1-4H3,(H,26,29)/t16-,17+/m1/s1. The van der Waals surface area contributed by atoms with Crippen molar-refractivity contribution in [2.45, 2.75) is 52.7 Å². The second kappa shape index (κ2) is 11.4. The molecule has 0 aliphatic carbocycles. The van der Waals surface area contributed by atoms with Gasteiger partial charge in [-0.05, 0) is 68.7 Å². The van der Waals surface area contributed by atoms with Crippen molar-refractivity contribution in [1.82, 2.24) is 10.2 Å². The Labute approximate surface area is 191 Å². The van der Waals surface area contributed by atoms with E-state index in [4.69, 9.17) is 16.3 Å². The number of benzene rings is 2. The highest BCUT2D eigenvalue weighted by atomic mass is 79.9. The zero-order valence-electron chi connectivity index (χ0n) is 17.7. The van der Waals surface area contributed by atoms with Gasteiger partial charge in [-0.15, -0.1) is 0 Å². The Morgan fingerprint density at radius 2 is 1.93 bits per heavy atom. The summed E-state index contributed by atoms with van der Waals surface area (Å²) in [5, 5.41) is 3.53. The van der Waals surface area contributed by atoms with Crippen molar-refractivity contribution in [2.24, 2.45) is 0 Å². The molecule has 162 valence electrons. The maximum atomic E-state index is 13.0. The van der Waals surface area contributed by atoms with Gasteiger partial charge >= 0.3 is 0 Å². The molecule has 0 spiro atoms. The normalized spacial score (nSPS) is 12.7. The van der Waals surface area contributed by atoms with Crippen molar-refractivity contribution in [2.75, 3.05) is 6.61 Å². The van der Waals surface area contributed by atoms with E-state index in [1.54, 1.807) is 25.1 Å². The van der Waals surface area contributed by atoms with Crippen LogP contribution in [0, 0.1) is 6.92 Å². The second-order valence-electron chi connectivity index (χ2n) is 7.35. The predicted molar refractivity (Wildman–Crippen MR) is 124 cm³/mol. The third kappa shape index (κ3) is 7.03. The van der Waals surface area contributed by atoms with Gasteiger partial charge in [0, 0.05) is 22.1 Å². The van der Waals surface area contributed by atoms with Gasteiger partial charge in [-0.1, -0.05) is 46.6 Å².